The second-order valence-electron chi connectivity index (χ2n) is 3.42. The fourth-order valence-electron chi connectivity index (χ4n) is 1.35. The highest BCUT2D eigenvalue weighted by molar-refractivity contribution is 6.61. The van der Waals surface area contributed by atoms with Gasteiger partial charge >= 0.3 is 7.12 Å². The topological polar surface area (TPSA) is 34.6 Å². The summed E-state index contributed by atoms with van der Waals surface area (Å²) in [6.07, 6.45) is 1.80. The van der Waals surface area contributed by atoms with Crippen molar-refractivity contribution < 1.29 is 9.31 Å². The summed E-state index contributed by atoms with van der Waals surface area (Å²) in [7, 11) is 3.70. The molecule has 1 saturated heterocycles. The molecule has 0 bridgehead atoms. The Hall–Kier alpha value is -1.07. The van der Waals surface area contributed by atoms with Crippen LogP contribution in [0, 0.1) is 0 Å². The van der Waals surface area contributed by atoms with Crippen molar-refractivity contribution in [3.63, 3.8) is 0 Å². The summed E-state index contributed by atoms with van der Waals surface area (Å²) in [5.74, 6) is 0.937. The van der Waals surface area contributed by atoms with E-state index in [1.54, 1.807) is 6.20 Å². The van der Waals surface area contributed by atoms with Gasteiger partial charge in [0.05, 0.1) is 13.2 Å². The molecular formula is C9H13BN2O2. The summed E-state index contributed by atoms with van der Waals surface area (Å²) in [6.45, 7) is 1.33. The molecule has 0 N–H and O–H groups in total. The highest BCUT2D eigenvalue weighted by atomic mass is 16.6. The highest BCUT2D eigenvalue weighted by Gasteiger charge is 2.26. The molecule has 0 spiro atoms. The third kappa shape index (κ3) is 1.88. The normalized spacial score (nSPS) is 16.0. The summed E-state index contributed by atoms with van der Waals surface area (Å²) in [4.78, 5) is 6.25. The first-order valence-electron chi connectivity index (χ1n) is 4.64. The molecule has 1 aromatic rings. The van der Waals surface area contributed by atoms with E-state index in [-0.39, 0.29) is 7.12 Å². The zero-order valence-corrected chi connectivity index (χ0v) is 8.43. The third-order valence-corrected chi connectivity index (χ3v) is 2.12. The van der Waals surface area contributed by atoms with Gasteiger partial charge < -0.3 is 14.2 Å². The lowest BCUT2D eigenvalue weighted by Gasteiger charge is -2.11. The van der Waals surface area contributed by atoms with Gasteiger partial charge in [-0.25, -0.2) is 4.98 Å². The predicted octanol–water partition coefficient (Wildman–Crippen LogP) is -0.110. The van der Waals surface area contributed by atoms with Gasteiger partial charge in [0.25, 0.3) is 0 Å². The number of nitrogens with zero attached hydrogens (tertiary/aromatic N) is 2. The van der Waals surface area contributed by atoms with E-state index in [2.05, 4.69) is 4.98 Å². The molecule has 0 aromatic carbocycles. The molecule has 0 aliphatic carbocycles. The molecular weight excluding hydrogens is 179 g/mol. The van der Waals surface area contributed by atoms with Crippen LogP contribution in [0.4, 0.5) is 5.82 Å². The summed E-state index contributed by atoms with van der Waals surface area (Å²) in [5, 5.41) is 0. The van der Waals surface area contributed by atoms with Crippen molar-refractivity contribution in [1.82, 2.24) is 4.98 Å². The molecule has 1 fully saturated rings. The molecule has 2 rings (SSSR count). The molecule has 4 nitrogen and oxygen atoms in total. The van der Waals surface area contributed by atoms with Crippen LogP contribution in [0.25, 0.3) is 0 Å². The number of hydrogen-bond acceptors (Lipinski definition) is 4. The van der Waals surface area contributed by atoms with Crippen molar-refractivity contribution in [1.29, 1.82) is 0 Å². The van der Waals surface area contributed by atoms with Gasteiger partial charge in [-0.3, -0.25) is 0 Å². The molecule has 5 heteroatoms. The second kappa shape index (κ2) is 3.98. The summed E-state index contributed by atoms with van der Waals surface area (Å²) < 4.78 is 10.7. The van der Waals surface area contributed by atoms with Crippen LogP contribution in [0.15, 0.2) is 18.3 Å². The Kier molecular flexibility index (Phi) is 2.70. The van der Waals surface area contributed by atoms with Crippen LogP contribution < -0.4 is 10.4 Å². The molecule has 0 atom stereocenters. The molecule has 14 heavy (non-hydrogen) atoms. The molecule has 0 amide bonds. The van der Waals surface area contributed by atoms with E-state index in [0.717, 1.165) is 11.3 Å². The van der Waals surface area contributed by atoms with Gasteiger partial charge in [0, 0.05) is 25.8 Å². The van der Waals surface area contributed by atoms with Gasteiger partial charge in [-0.2, -0.15) is 0 Å². The van der Waals surface area contributed by atoms with Gasteiger partial charge in [0.15, 0.2) is 0 Å². The number of aromatic nitrogens is 1. The number of anilines is 1. The Labute approximate surface area is 84.0 Å². The zero-order valence-electron chi connectivity index (χ0n) is 8.43. The lowest BCUT2D eigenvalue weighted by molar-refractivity contribution is 0.365. The average Bonchev–Trinajstić information content (AvgIpc) is 2.71. The van der Waals surface area contributed by atoms with Crippen molar-refractivity contribution >= 4 is 18.4 Å². The molecule has 0 unspecified atom stereocenters. The predicted molar refractivity (Wildman–Crippen MR) is 55.9 cm³/mol. The Bertz CT molecular complexity index is 296. The van der Waals surface area contributed by atoms with Crippen LogP contribution >= 0.6 is 0 Å². The van der Waals surface area contributed by atoms with Crippen molar-refractivity contribution in [2.75, 3.05) is 32.2 Å². The maximum atomic E-state index is 5.36. The van der Waals surface area contributed by atoms with Crippen LogP contribution in [0.2, 0.25) is 0 Å². The van der Waals surface area contributed by atoms with Crippen LogP contribution in [0.1, 0.15) is 0 Å². The van der Waals surface area contributed by atoms with E-state index in [9.17, 15) is 0 Å². The fraction of sp³-hybridized carbons (Fsp3) is 0.444. The van der Waals surface area contributed by atoms with Crippen molar-refractivity contribution in [2.24, 2.45) is 0 Å². The highest BCUT2D eigenvalue weighted by Crippen LogP contribution is 2.05. The monoisotopic (exact) mass is 192 g/mol. The van der Waals surface area contributed by atoms with Crippen LogP contribution in [0.5, 0.6) is 0 Å². The molecule has 1 aromatic heterocycles. The van der Waals surface area contributed by atoms with Crippen LogP contribution in [-0.4, -0.2) is 39.4 Å². The summed E-state index contributed by atoms with van der Waals surface area (Å²) in [6, 6.07) is 3.94. The summed E-state index contributed by atoms with van der Waals surface area (Å²) in [5.41, 5.74) is 0.980. The molecule has 0 radical (unpaired) electrons. The van der Waals surface area contributed by atoms with Crippen molar-refractivity contribution in [3.8, 4) is 0 Å². The number of hydrogen-bond donors (Lipinski definition) is 0. The smallest absolute Gasteiger partial charge is 0.405 e. The molecule has 1 aliphatic rings. The Morgan fingerprint density at radius 3 is 2.50 bits per heavy atom. The van der Waals surface area contributed by atoms with E-state index in [4.69, 9.17) is 9.31 Å². The van der Waals surface area contributed by atoms with E-state index >= 15 is 0 Å². The average molecular weight is 192 g/mol. The molecule has 2 heterocycles. The summed E-state index contributed by atoms with van der Waals surface area (Å²) >= 11 is 0. The van der Waals surface area contributed by atoms with Crippen molar-refractivity contribution in [2.45, 2.75) is 0 Å². The van der Waals surface area contributed by atoms with Crippen LogP contribution in [0.3, 0.4) is 0 Å². The van der Waals surface area contributed by atoms with E-state index < -0.39 is 0 Å². The lowest BCUT2D eigenvalue weighted by Crippen LogP contribution is -2.32. The first kappa shape index (κ1) is 9.49. The fourth-order valence-corrected chi connectivity index (χ4v) is 1.35. The van der Waals surface area contributed by atoms with E-state index in [0.29, 0.717) is 13.2 Å². The quantitative estimate of drug-likeness (QED) is 0.612. The Balaban J connectivity index is 2.12. The largest absolute Gasteiger partial charge is 0.495 e. The second-order valence-corrected chi connectivity index (χ2v) is 3.42. The minimum Gasteiger partial charge on any atom is -0.405 e. The van der Waals surface area contributed by atoms with E-state index in [1.807, 2.05) is 31.1 Å². The first-order chi connectivity index (χ1) is 6.77. The minimum atomic E-state index is -0.223. The number of pyridine rings is 1. The van der Waals surface area contributed by atoms with Gasteiger partial charge in [-0.1, -0.05) is 6.07 Å². The molecule has 74 valence electrons. The van der Waals surface area contributed by atoms with Crippen LogP contribution in [-0.2, 0) is 9.31 Å². The molecule has 1 aliphatic heterocycles. The Morgan fingerprint density at radius 1 is 1.29 bits per heavy atom. The van der Waals surface area contributed by atoms with Gasteiger partial charge in [-0.15, -0.1) is 0 Å². The van der Waals surface area contributed by atoms with E-state index in [1.165, 1.54) is 0 Å². The zero-order chi connectivity index (χ0) is 9.97. The maximum Gasteiger partial charge on any atom is 0.495 e. The maximum absolute atomic E-state index is 5.36. The van der Waals surface area contributed by atoms with Gasteiger partial charge in [0.2, 0.25) is 0 Å². The third-order valence-electron chi connectivity index (χ3n) is 2.12. The standard InChI is InChI=1S/C9H13BN2O2/c1-12(2)9-4-3-8(7-11-9)10-13-5-6-14-10/h3-4,7H,5-6H2,1-2H3. The minimum absolute atomic E-state index is 0.223. The van der Waals surface area contributed by atoms with Gasteiger partial charge in [-0.05, 0) is 6.07 Å². The van der Waals surface area contributed by atoms with Gasteiger partial charge in [0.1, 0.15) is 5.82 Å². The number of rotatable bonds is 2. The lowest BCUT2D eigenvalue weighted by atomic mass is 9.81. The molecule has 0 saturated carbocycles. The SMILES string of the molecule is CN(C)c1ccc(B2OCCO2)cn1. The Morgan fingerprint density at radius 2 is 2.00 bits per heavy atom. The first-order valence-corrected chi connectivity index (χ1v) is 4.64. The van der Waals surface area contributed by atoms with Crippen molar-refractivity contribution in [3.05, 3.63) is 18.3 Å².